The molecule has 0 radical (unpaired) electrons. The molecule has 0 bridgehead atoms. The second kappa shape index (κ2) is 7.38. The number of rotatable bonds is 3. The summed E-state index contributed by atoms with van der Waals surface area (Å²) in [4.78, 5) is 28.8. The lowest BCUT2D eigenvalue weighted by molar-refractivity contribution is 0.184. The second-order valence-corrected chi connectivity index (χ2v) is 7.04. The zero-order chi connectivity index (χ0) is 19.7. The maximum absolute atomic E-state index is 12.7. The van der Waals surface area contributed by atoms with Gasteiger partial charge >= 0.3 is 6.03 Å². The summed E-state index contributed by atoms with van der Waals surface area (Å²) >= 11 is 0. The van der Waals surface area contributed by atoms with Gasteiger partial charge in [0.2, 0.25) is 0 Å². The van der Waals surface area contributed by atoms with Gasteiger partial charge in [0.15, 0.2) is 0 Å². The molecule has 2 N–H and O–H groups in total. The lowest BCUT2D eigenvalue weighted by Crippen LogP contribution is -2.55. The number of piperazine rings is 1. The van der Waals surface area contributed by atoms with Gasteiger partial charge in [0.05, 0.1) is 12.5 Å². The number of carbonyl (C=O) groups excluding carboxylic acids is 1. The molecule has 28 heavy (non-hydrogen) atoms. The van der Waals surface area contributed by atoms with Gasteiger partial charge in [-0.2, -0.15) is 0 Å². The largest absolute Gasteiger partial charge is 0.497 e. The van der Waals surface area contributed by atoms with Gasteiger partial charge in [0.1, 0.15) is 23.5 Å². The number of nitrogens with zero attached hydrogens (tertiary/aromatic N) is 4. The zero-order valence-electron chi connectivity index (χ0n) is 16.3. The summed E-state index contributed by atoms with van der Waals surface area (Å²) in [5.74, 6) is 1.68. The minimum absolute atomic E-state index is 0.0521. The molecule has 2 aromatic heterocycles. The van der Waals surface area contributed by atoms with Gasteiger partial charge in [-0.1, -0.05) is 0 Å². The Balaban J connectivity index is 1.46. The van der Waals surface area contributed by atoms with Gasteiger partial charge in [-0.05, 0) is 43.7 Å². The summed E-state index contributed by atoms with van der Waals surface area (Å²) in [6, 6.07) is 7.29. The van der Waals surface area contributed by atoms with Gasteiger partial charge in [-0.25, -0.2) is 14.8 Å². The van der Waals surface area contributed by atoms with Crippen LogP contribution in [0.4, 0.5) is 16.3 Å². The lowest BCUT2D eigenvalue weighted by Gasteiger charge is -2.40. The van der Waals surface area contributed by atoms with Crippen molar-refractivity contribution in [2.24, 2.45) is 0 Å². The molecule has 2 amide bonds. The van der Waals surface area contributed by atoms with E-state index in [1.807, 2.05) is 42.3 Å². The van der Waals surface area contributed by atoms with Crippen molar-refractivity contribution in [3.05, 3.63) is 42.4 Å². The van der Waals surface area contributed by atoms with Crippen molar-refractivity contribution in [1.82, 2.24) is 19.9 Å². The monoisotopic (exact) mass is 380 g/mol. The van der Waals surface area contributed by atoms with Crippen molar-refractivity contribution < 1.29 is 9.53 Å². The normalized spacial score (nSPS) is 17.0. The summed E-state index contributed by atoms with van der Waals surface area (Å²) in [7, 11) is 1.62. The highest BCUT2D eigenvalue weighted by Gasteiger charge is 2.29. The molecule has 1 atom stereocenters. The molecule has 4 rings (SSSR count). The van der Waals surface area contributed by atoms with Crippen molar-refractivity contribution in [3.8, 4) is 5.75 Å². The number of aromatic amines is 1. The Morgan fingerprint density at radius 2 is 2.04 bits per heavy atom. The van der Waals surface area contributed by atoms with Crippen molar-refractivity contribution >= 4 is 28.6 Å². The third kappa shape index (κ3) is 3.33. The number of fused-ring (bicyclic) bond motifs is 1. The molecule has 146 valence electrons. The van der Waals surface area contributed by atoms with E-state index in [2.05, 4.69) is 32.1 Å². The van der Waals surface area contributed by atoms with E-state index in [1.54, 1.807) is 13.4 Å². The molecule has 1 aromatic carbocycles. The van der Waals surface area contributed by atoms with Crippen LogP contribution in [0.1, 0.15) is 12.5 Å². The molecule has 1 fully saturated rings. The molecule has 0 aliphatic carbocycles. The van der Waals surface area contributed by atoms with Crippen LogP contribution >= 0.6 is 0 Å². The maximum atomic E-state index is 12.7. The van der Waals surface area contributed by atoms with Gasteiger partial charge in [0.25, 0.3) is 0 Å². The fourth-order valence-electron chi connectivity index (χ4n) is 3.66. The van der Waals surface area contributed by atoms with Crippen LogP contribution in [0.5, 0.6) is 5.75 Å². The third-order valence-corrected chi connectivity index (χ3v) is 5.18. The average Bonchev–Trinajstić information content (AvgIpc) is 3.09. The van der Waals surface area contributed by atoms with E-state index in [0.29, 0.717) is 13.1 Å². The number of urea groups is 1. The molecule has 0 unspecified atom stereocenters. The summed E-state index contributed by atoms with van der Waals surface area (Å²) in [5, 5.41) is 4.01. The number of aromatic nitrogens is 3. The lowest BCUT2D eigenvalue weighted by atomic mass is 10.1. The SMILES string of the molecule is COc1ccc(NC(=O)N2CCN(c3ncnc4[nH]cc(C)c34)C[C@@H]2C)cc1. The molecule has 1 aliphatic rings. The van der Waals surface area contributed by atoms with E-state index in [9.17, 15) is 4.79 Å². The van der Waals surface area contributed by atoms with E-state index >= 15 is 0 Å². The average molecular weight is 380 g/mol. The zero-order valence-corrected chi connectivity index (χ0v) is 16.3. The van der Waals surface area contributed by atoms with Crippen LogP contribution in [0.2, 0.25) is 0 Å². The number of benzene rings is 1. The molecule has 0 spiro atoms. The number of amides is 2. The van der Waals surface area contributed by atoms with Crippen LogP contribution in [-0.4, -0.2) is 58.7 Å². The van der Waals surface area contributed by atoms with Crippen molar-refractivity contribution in [2.45, 2.75) is 19.9 Å². The number of carbonyl (C=O) groups is 1. The highest BCUT2D eigenvalue weighted by atomic mass is 16.5. The highest BCUT2D eigenvalue weighted by molar-refractivity contribution is 5.91. The second-order valence-electron chi connectivity index (χ2n) is 7.04. The van der Waals surface area contributed by atoms with Crippen LogP contribution in [-0.2, 0) is 0 Å². The molecule has 8 nitrogen and oxygen atoms in total. The quantitative estimate of drug-likeness (QED) is 0.729. The Morgan fingerprint density at radius 1 is 1.25 bits per heavy atom. The smallest absolute Gasteiger partial charge is 0.322 e. The molecule has 3 aromatic rings. The number of H-pyrrole nitrogens is 1. The molecule has 8 heteroatoms. The predicted molar refractivity (Wildman–Crippen MR) is 109 cm³/mol. The number of anilines is 2. The number of nitrogens with one attached hydrogen (secondary N) is 2. The molecule has 1 saturated heterocycles. The topological polar surface area (TPSA) is 86.4 Å². The van der Waals surface area contributed by atoms with Gasteiger partial charge in [-0.15, -0.1) is 0 Å². The Labute approximate surface area is 163 Å². The predicted octanol–water partition coefficient (Wildman–Crippen LogP) is 3.02. The minimum atomic E-state index is -0.0945. The molecule has 0 saturated carbocycles. The van der Waals surface area contributed by atoms with Crippen LogP contribution in [0.3, 0.4) is 0 Å². The van der Waals surface area contributed by atoms with Crippen LogP contribution in [0.15, 0.2) is 36.8 Å². The Kier molecular flexibility index (Phi) is 4.77. The summed E-state index contributed by atoms with van der Waals surface area (Å²) in [6.45, 7) is 6.16. The van der Waals surface area contributed by atoms with E-state index < -0.39 is 0 Å². The number of methoxy groups -OCH3 is 1. The number of hydrogen-bond acceptors (Lipinski definition) is 5. The highest BCUT2D eigenvalue weighted by Crippen LogP contribution is 2.27. The van der Waals surface area contributed by atoms with E-state index in [0.717, 1.165) is 40.4 Å². The van der Waals surface area contributed by atoms with Crippen LogP contribution in [0, 0.1) is 6.92 Å². The Bertz CT molecular complexity index is 984. The molecular formula is C20H24N6O2. The first kappa shape index (κ1) is 18.1. The first-order chi connectivity index (χ1) is 13.6. The Hall–Kier alpha value is -3.29. The first-order valence-electron chi connectivity index (χ1n) is 9.32. The van der Waals surface area contributed by atoms with Gasteiger partial charge in [0, 0.05) is 37.6 Å². The summed E-state index contributed by atoms with van der Waals surface area (Å²) in [5.41, 5.74) is 2.72. The fourth-order valence-corrected chi connectivity index (χ4v) is 3.66. The standard InChI is InChI=1S/C20H24N6O2/c1-13-10-21-18-17(13)19(23-12-22-18)25-8-9-26(14(2)11-25)20(27)24-15-4-6-16(28-3)7-5-15/h4-7,10,12,14H,8-9,11H2,1-3H3,(H,24,27)(H,21,22,23)/t14-/m0/s1. The summed E-state index contributed by atoms with van der Waals surface area (Å²) < 4.78 is 5.15. The van der Waals surface area contributed by atoms with Crippen molar-refractivity contribution in [2.75, 3.05) is 37.0 Å². The van der Waals surface area contributed by atoms with Gasteiger partial charge in [-0.3, -0.25) is 0 Å². The molecule has 3 heterocycles. The maximum Gasteiger partial charge on any atom is 0.322 e. The fraction of sp³-hybridized carbons (Fsp3) is 0.350. The first-order valence-corrected chi connectivity index (χ1v) is 9.32. The molecular weight excluding hydrogens is 356 g/mol. The van der Waals surface area contributed by atoms with E-state index in [4.69, 9.17) is 4.74 Å². The van der Waals surface area contributed by atoms with Gasteiger partial charge < -0.3 is 24.8 Å². The third-order valence-electron chi connectivity index (χ3n) is 5.18. The van der Waals surface area contributed by atoms with Crippen LogP contribution < -0.4 is 15.0 Å². The van der Waals surface area contributed by atoms with Crippen molar-refractivity contribution in [3.63, 3.8) is 0 Å². The number of hydrogen-bond donors (Lipinski definition) is 2. The minimum Gasteiger partial charge on any atom is -0.497 e. The van der Waals surface area contributed by atoms with Crippen molar-refractivity contribution in [1.29, 1.82) is 0 Å². The number of ether oxygens (including phenoxy) is 1. The van der Waals surface area contributed by atoms with E-state index in [1.165, 1.54) is 0 Å². The molecule has 1 aliphatic heterocycles. The Morgan fingerprint density at radius 3 is 2.75 bits per heavy atom. The number of aryl methyl sites for hydroxylation is 1. The summed E-state index contributed by atoms with van der Waals surface area (Å²) in [6.07, 6.45) is 3.53. The van der Waals surface area contributed by atoms with Crippen LogP contribution in [0.25, 0.3) is 11.0 Å². The van der Waals surface area contributed by atoms with E-state index in [-0.39, 0.29) is 12.1 Å².